The predicted octanol–water partition coefficient (Wildman–Crippen LogP) is 4.77. The second kappa shape index (κ2) is 8.61. The first-order chi connectivity index (χ1) is 14.1. The summed E-state index contributed by atoms with van der Waals surface area (Å²) in [6.45, 7) is 1.84. The van der Waals surface area contributed by atoms with Crippen molar-refractivity contribution in [2.45, 2.75) is 19.4 Å². The number of thiazole rings is 1. The Hall–Kier alpha value is -2.93. The SMILES string of the molecule is COc1cc(-c2nc(C(=O)N3CCCC3)cs2)ccc1OCc1cccc(F)c1. The Morgan fingerprint density at radius 2 is 2.00 bits per heavy atom. The molecule has 1 saturated heterocycles. The highest BCUT2D eigenvalue weighted by Crippen LogP contribution is 2.34. The molecule has 1 aliphatic heterocycles. The third kappa shape index (κ3) is 4.40. The molecule has 0 saturated carbocycles. The fourth-order valence-electron chi connectivity index (χ4n) is 3.29. The number of carbonyl (C=O) groups excluding carboxylic acids is 1. The zero-order chi connectivity index (χ0) is 20.2. The molecule has 1 aromatic heterocycles. The summed E-state index contributed by atoms with van der Waals surface area (Å²) in [5.74, 6) is 0.815. The molecule has 7 heteroatoms. The van der Waals surface area contributed by atoms with Crippen LogP contribution in [0, 0.1) is 5.82 Å². The molecule has 150 valence electrons. The third-order valence-electron chi connectivity index (χ3n) is 4.81. The summed E-state index contributed by atoms with van der Waals surface area (Å²) in [7, 11) is 1.57. The lowest BCUT2D eigenvalue weighted by Crippen LogP contribution is -2.27. The fourth-order valence-corrected chi connectivity index (χ4v) is 4.09. The second-order valence-corrected chi connectivity index (χ2v) is 7.68. The minimum atomic E-state index is -0.295. The molecule has 0 spiro atoms. The number of benzene rings is 2. The van der Waals surface area contributed by atoms with E-state index in [9.17, 15) is 9.18 Å². The molecular formula is C22H21FN2O3S. The van der Waals surface area contributed by atoms with Crippen molar-refractivity contribution in [3.63, 3.8) is 0 Å². The molecule has 0 radical (unpaired) electrons. The number of amides is 1. The maximum absolute atomic E-state index is 13.3. The molecule has 0 unspecified atom stereocenters. The summed E-state index contributed by atoms with van der Waals surface area (Å²) >= 11 is 1.43. The van der Waals surface area contributed by atoms with Gasteiger partial charge in [0.1, 0.15) is 23.1 Å². The monoisotopic (exact) mass is 412 g/mol. The Labute approximate surface area is 172 Å². The van der Waals surface area contributed by atoms with E-state index in [0.717, 1.165) is 42.1 Å². The molecule has 0 atom stereocenters. The third-order valence-corrected chi connectivity index (χ3v) is 5.70. The van der Waals surface area contributed by atoms with Crippen LogP contribution in [0.1, 0.15) is 28.9 Å². The summed E-state index contributed by atoms with van der Waals surface area (Å²) in [5.41, 5.74) is 2.07. The van der Waals surface area contributed by atoms with Crippen molar-refractivity contribution in [3.8, 4) is 22.1 Å². The fraction of sp³-hybridized carbons (Fsp3) is 0.273. The summed E-state index contributed by atoms with van der Waals surface area (Å²) in [6, 6.07) is 11.8. The van der Waals surface area contributed by atoms with Crippen LogP contribution < -0.4 is 9.47 Å². The van der Waals surface area contributed by atoms with E-state index >= 15 is 0 Å². The number of hydrogen-bond acceptors (Lipinski definition) is 5. The highest BCUT2D eigenvalue weighted by atomic mass is 32.1. The van der Waals surface area contributed by atoms with Crippen LogP contribution in [0.5, 0.6) is 11.5 Å². The molecular weight excluding hydrogens is 391 g/mol. The van der Waals surface area contributed by atoms with Crippen molar-refractivity contribution in [2.24, 2.45) is 0 Å². The minimum Gasteiger partial charge on any atom is -0.493 e. The lowest BCUT2D eigenvalue weighted by molar-refractivity contribution is 0.0788. The van der Waals surface area contributed by atoms with Gasteiger partial charge in [-0.05, 0) is 48.7 Å². The van der Waals surface area contributed by atoms with Gasteiger partial charge in [0.25, 0.3) is 5.91 Å². The molecule has 2 heterocycles. The molecule has 4 rings (SSSR count). The number of carbonyl (C=O) groups is 1. The maximum Gasteiger partial charge on any atom is 0.273 e. The summed E-state index contributed by atoms with van der Waals surface area (Å²) < 4.78 is 24.6. The molecule has 1 aliphatic rings. The van der Waals surface area contributed by atoms with E-state index in [2.05, 4.69) is 4.98 Å². The molecule has 2 aromatic carbocycles. The quantitative estimate of drug-likeness (QED) is 0.585. The van der Waals surface area contributed by atoms with Gasteiger partial charge in [0.05, 0.1) is 7.11 Å². The van der Waals surface area contributed by atoms with Crippen LogP contribution in [0.3, 0.4) is 0 Å². The second-order valence-electron chi connectivity index (χ2n) is 6.82. The largest absolute Gasteiger partial charge is 0.493 e. The van der Waals surface area contributed by atoms with E-state index in [1.54, 1.807) is 30.7 Å². The van der Waals surface area contributed by atoms with Crippen LogP contribution in [0.25, 0.3) is 10.6 Å². The Morgan fingerprint density at radius 3 is 2.76 bits per heavy atom. The number of rotatable bonds is 6. The van der Waals surface area contributed by atoms with E-state index in [-0.39, 0.29) is 18.3 Å². The molecule has 3 aromatic rings. The first-order valence-corrected chi connectivity index (χ1v) is 10.3. The van der Waals surface area contributed by atoms with Gasteiger partial charge in [-0.25, -0.2) is 9.37 Å². The van der Waals surface area contributed by atoms with E-state index in [0.29, 0.717) is 17.2 Å². The van der Waals surface area contributed by atoms with Crippen LogP contribution in [0.15, 0.2) is 47.8 Å². The molecule has 1 amide bonds. The average molecular weight is 412 g/mol. The van der Waals surface area contributed by atoms with Gasteiger partial charge in [-0.2, -0.15) is 0 Å². The van der Waals surface area contributed by atoms with E-state index < -0.39 is 0 Å². The van der Waals surface area contributed by atoms with Crippen molar-refractivity contribution in [1.29, 1.82) is 0 Å². The molecule has 0 N–H and O–H groups in total. The Bertz CT molecular complexity index is 1010. The summed E-state index contributed by atoms with van der Waals surface area (Å²) in [4.78, 5) is 18.9. The molecule has 5 nitrogen and oxygen atoms in total. The summed E-state index contributed by atoms with van der Waals surface area (Å²) in [5, 5.41) is 2.55. The molecule has 0 aliphatic carbocycles. The number of ether oxygens (including phenoxy) is 2. The van der Waals surface area contributed by atoms with Gasteiger partial charge in [0, 0.05) is 24.0 Å². The number of methoxy groups -OCH3 is 1. The average Bonchev–Trinajstić information content (AvgIpc) is 3.44. The lowest BCUT2D eigenvalue weighted by atomic mass is 10.2. The lowest BCUT2D eigenvalue weighted by Gasteiger charge is -2.13. The van der Waals surface area contributed by atoms with Crippen molar-refractivity contribution < 1.29 is 18.7 Å². The van der Waals surface area contributed by atoms with Gasteiger partial charge >= 0.3 is 0 Å². The van der Waals surface area contributed by atoms with Crippen molar-refractivity contribution in [3.05, 3.63) is 64.9 Å². The van der Waals surface area contributed by atoms with Crippen LogP contribution in [0.4, 0.5) is 4.39 Å². The van der Waals surface area contributed by atoms with Crippen LogP contribution in [0.2, 0.25) is 0 Å². The van der Waals surface area contributed by atoms with Gasteiger partial charge in [-0.3, -0.25) is 4.79 Å². The predicted molar refractivity (Wildman–Crippen MR) is 110 cm³/mol. The topological polar surface area (TPSA) is 51.7 Å². The number of likely N-dealkylation sites (tertiary alicyclic amines) is 1. The Balaban J connectivity index is 1.50. The zero-order valence-corrected chi connectivity index (χ0v) is 16.9. The van der Waals surface area contributed by atoms with Crippen LogP contribution in [-0.4, -0.2) is 36.0 Å². The number of halogens is 1. The Morgan fingerprint density at radius 1 is 1.17 bits per heavy atom. The smallest absolute Gasteiger partial charge is 0.273 e. The van der Waals surface area contributed by atoms with Gasteiger partial charge in [0.15, 0.2) is 11.5 Å². The highest BCUT2D eigenvalue weighted by molar-refractivity contribution is 7.13. The van der Waals surface area contributed by atoms with E-state index in [4.69, 9.17) is 9.47 Å². The standard InChI is InChI=1S/C22H21FN2O3S/c1-27-20-12-16(7-8-19(20)28-13-15-5-4-6-17(23)11-15)21-24-18(14-29-21)22(26)25-9-2-3-10-25/h4-8,11-12,14H,2-3,9-10,13H2,1H3. The number of hydrogen-bond donors (Lipinski definition) is 0. The van der Waals surface area contributed by atoms with Gasteiger partial charge in [-0.15, -0.1) is 11.3 Å². The first kappa shape index (κ1) is 19.4. The molecule has 29 heavy (non-hydrogen) atoms. The van der Waals surface area contributed by atoms with Crippen molar-refractivity contribution in [2.75, 3.05) is 20.2 Å². The molecule has 0 bridgehead atoms. The molecule has 1 fully saturated rings. The highest BCUT2D eigenvalue weighted by Gasteiger charge is 2.22. The zero-order valence-electron chi connectivity index (χ0n) is 16.1. The normalized spacial score (nSPS) is 13.5. The summed E-state index contributed by atoms with van der Waals surface area (Å²) in [6.07, 6.45) is 2.11. The van der Waals surface area contributed by atoms with Gasteiger partial charge in [0.2, 0.25) is 0 Å². The Kier molecular flexibility index (Phi) is 5.76. The van der Waals surface area contributed by atoms with E-state index in [1.165, 1.54) is 23.5 Å². The minimum absolute atomic E-state index is 0.00740. The number of aromatic nitrogens is 1. The van der Waals surface area contributed by atoms with Gasteiger partial charge in [-0.1, -0.05) is 12.1 Å². The van der Waals surface area contributed by atoms with Crippen LogP contribution in [-0.2, 0) is 6.61 Å². The van der Waals surface area contributed by atoms with Crippen molar-refractivity contribution >= 4 is 17.2 Å². The maximum atomic E-state index is 13.3. The van der Waals surface area contributed by atoms with Gasteiger partial charge < -0.3 is 14.4 Å². The first-order valence-electron chi connectivity index (χ1n) is 9.44. The van der Waals surface area contributed by atoms with E-state index in [1.807, 2.05) is 17.0 Å². The van der Waals surface area contributed by atoms with Crippen LogP contribution >= 0.6 is 11.3 Å². The number of nitrogens with zero attached hydrogens (tertiary/aromatic N) is 2. The van der Waals surface area contributed by atoms with Crippen molar-refractivity contribution in [1.82, 2.24) is 9.88 Å².